The van der Waals surface area contributed by atoms with Gasteiger partial charge in [-0.25, -0.2) is 0 Å². The number of nitrogens with one attached hydrogen (secondary N) is 1. The van der Waals surface area contributed by atoms with Gasteiger partial charge in [-0.1, -0.05) is 6.92 Å². The summed E-state index contributed by atoms with van der Waals surface area (Å²) in [4.78, 5) is 17.1. The molecule has 132 valence electrons. The Kier molecular flexibility index (Phi) is 6.00. The lowest BCUT2D eigenvalue weighted by molar-refractivity contribution is -0.116. The van der Waals surface area contributed by atoms with Crippen LogP contribution in [0, 0.1) is 0 Å². The van der Waals surface area contributed by atoms with Crippen molar-refractivity contribution in [2.75, 3.05) is 41.3 Å². The van der Waals surface area contributed by atoms with E-state index < -0.39 is 0 Å². The van der Waals surface area contributed by atoms with Gasteiger partial charge in [0.25, 0.3) is 0 Å². The quantitative estimate of drug-likeness (QED) is 0.869. The van der Waals surface area contributed by atoms with Crippen LogP contribution in [0.25, 0.3) is 0 Å². The number of piperidine rings is 2. The summed E-state index contributed by atoms with van der Waals surface area (Å²) in [5, 5.41) is 3.18. The first-order valence-corrected chi connectivity index (χ1v) is 9.71. The summed E-state index contributed by atoms with van der Waals surface area (Å²) in [6.07, 6.45) is 9.16. The summed E-state index contributed by atoms with van der Waals surface area (Å²) in [6, 6.07) is 6.66. The van der Waals surface area contributed by atoms with Crippen LogP contribution in [0.4, 0.5) is 17.1 Å². The average Bonchev–Trinajstić information content (AvgIpc) is 2.63. The van der Waals surface area contributed by atoms with Crippen molar-refractivity contribution in [3.05, 3.63) is 18.2 Å². The third-order valence-electron chi connectivity index (χ3n) is 5.15. The Morgan fingerprint density at radius 2 is 1.58 bits per heavy atom. The molecule has 1 aromatic rings. The minimum absolute atomic E-state index is 0.131. The molecule has 4 heteroatoms. The van der Waals surface area contributed by atoms with Gasteiger partial charge in [-0.15, -0.1) is 0 Å². The van der Waals surface area contributed by atoms with E-state index in [0.29, 0.717) is 6.42 Å². The molecule has 1 N–H and O–H groups in total. The molecule has 0 aliphatic carbocycles. The van der Waals surface area contributed by atoms with Crippen molar-refractivity contribution < 1.29 is 4.79 Å². The average molecular weight is 329 g/mol. The zero-order valence-electron chi connectivity index (χ0n) is 15.0. The maximum atomic E-state index is 12.2. The van der Waals surface area contributed by atoms with Crippen molar-refractivity contribution in [1.29, 1.82) is 0 Å². The fourth-order valence-electron chi connectivity index (χ4n) is 3.82. The van der Waals surface area contributed by atoms with Crippen LogP contribution in [0.5, 0.6) is 0 Å². The molecule has 2 aliphatic heterocycles. The molecule has 2 heterocycles. The van der Waals surface area contributed by atoms with E-state index in [1.54, 1.807) is 0 Å². The van der Waals surface area contributed by atoms with Gasteiger partial charge < -0.3 is 15.1 Å². The second-order valence-electron chi connectivity index (χ2n) is 7.10. The van der Waals surface area contributed by atoms with Crippen molar-refractivity contribution in [1.82, 2.24) is 0 Å². The highest BCUT2D eigenvalue weighted by Crippen LogP contribution is 2.33. The number of rotatable bonds is 5. The molecule has 0 atom stereocenters. The Morgan fingerprint density at radius 1 is 0.958 bits per heavy atom. The number of hydrogen-bond acceptors (Lipinski definition) is 3. The SMILES string of the molecule is CCCC(=O)Nc1cc(N2CCCCC2)ccc1N1CCCCC1. The van der Waals surface area contributed by atoms with Gasteiger partial charge in [0.2, 0.25) is 5.91 Å². The standard InChI is InChI=1S/C20H31N3O/c1-2-9-20(24)21-18-16-17(22-12-5-3-6-13-22)10-11-19(18)23-14-7-4-8-15-23/h10-11,16H,2-9,12-15H2,1H3,(H,21,24). The molecule has 0 unspecified atom stereocenters. The first-order chi connectivity index (χ1) is 11.8. The minimum atomic E-state index is 0.131. The molecule has 2 fully saturated rings. The number of anilines is 3. The Balaban J connectivity index is 1.84. The molecule has 24 heavy (non-hydrogen) atoms. The number of amides is 1. The molecule has 2 saturated heterocycles. The van der Waals surface area contributed by atoms with Crippen LogP contribution in [0.15, 0.2) is 18.2 Å². The molecule has 1 aromatic carbocycles. The van der Waals surface area contributed by atoms with Gasteiger partial charge in [0.1, 0.15) is 0 Å². The molecule has 0 saturated carbocycles. The van der Waals surface area contributed by atoms with E-state index in [2.05, 4.69) is 40.2 Å². The van der Waals surface area contributed by atoms with Gasteiger partial charge in [-0.2, -0.15) is 0 Å². The van der Waals surface area contributed by atoms with Crippen LogP contribution >= 0.6 is 0 Å². The predicted octanol–water partition coefficient (Wildman–Crippen LogP) is 4.41. The van der Waals surface area contributed by atoms with Gasteiger partial charge >= 0.3 is 0 Å². The van der Waals surface area contributed by atoms with Crippen molar-refractivity contribution >= 4 is 23.0 Å². The maximum absolute atomic E-state index is 12.2. The second kappa shape index (κ2) is 8.41. The van der Waals surface area contributed by atoms with Gasteiger partial charge in [0.05, 0.1) is 11.4 Å². The van der Waals surface area contributed by atoms with Crippen LogP contribution < -0.4 is 15.1 Å². The summed E-state index contributed by atoms with van der Waals surface area (Å²) in [6.45, 7) is 6.51. The molecular weight excluding hydrogens is 298 g/mol. The van der Waals surface area contributed by atoms with E-state index >= 15 is 0 Å². The molecule has 2 aliphatic rings. The van der Waals surface area contributed by atoms with Crippen molar-refractivity contribution in [3.8, 4) is 0 Å². The predicted molar refractivity (Wildman–Crippen MR) is 102 cm³/mol. The molecule has 3 rings (SSSR count). The molecule has 4 nitrogen and oxygen atoms in total. The summed E-state index contributed by atoms with van der Waals surface area (Å²) in [7, 11) is 0. The smallest absolute Gasteiger partial charge is 0.224 e. The lowest BCUT2D eigenvalue weighted by Gasteiger charge is -2.33. The van der Waals surface area contributed by atoms with Crippen LogP contribution in [0.3, 0.4) is 0 Å². The molecule has 0 aromatic heterocycles. The zero-order valence-corrected chi connectivity index (χ0v) is 15.0. The van der Waals surface area contributed by atoms with Crippen molar-refractivity contribution in [3.63, 3.8) is 0 Å². The largest absolute Gasteiger partial charge is 0.371 e. The van der Waals surface area contributed by atoms with E-state index in [9.17, 15) is 4.79 Å². The molecule has 0 radical (unpaired) electrons. The van der Waals surface area contributed by atoms with Crippen LogP contribution in [-0.4, -0.2) is 32.1 Å². The van der Waals surface area contributed by atoms with Gasteiger partial charge in [0.15, 0.2) is 0 Å². The molecule has 1 amide bonds. The number of benzene rings is 1. The number of hydrogen-bond donors (Lipinski definition) is 1. The first kappa shape index (κ1) is 17.1. The number of nitrogens with zero attached hydrogens (tertiary/aromatic N) is 2. The van der Waals surface area contributed by atoms with Crippen molar-refractivity contribution in [2.24, 2.45) is 0 Å². The summed E-state index contributed by atoms with van der Waals surface area (Å²) >= 11 is 0. The molecule has 0 bridgehead atoms. The zero-order chi connectivity index (χ0) is 16.8. The Labute approximate surface area is 146 Å². The van der Waals surface area contributed by atoms with Crippen LogP contribution in [0.1, 0.15) is 58.3 Å². The van der Waals surface area contributed by atoms with Gasteiger partial charge in [-0.05, 0) is 63.1 Å². The monoisotopic (exact) mass is 329 g/mol. The summed E-state index contributed by atoms with van der Waals surface area (Å²) in [5.41, 5.74) is 3.44. The topological polar surface area (TPSA) is 35.6 Å². The maximum Gasteiger partial charge on any atom is 0.224 e. The minimum Gasteiger partial charge on any atom is -0.371 e. The van der Waals surface area contributed by atoms with Crippen molar-refractivity contribution in [2.45, 2.75) is 58.3 Å². The Bertz CT molecular complexity index is 546. The Morgan fingerprint density at radius 3 is 2.21 bits per heavy atom. The molecular formula is C20H31N3O. The van der Waals surface area contributed by atoms with E-state index in [4.69, 9.17) is 0 Å². The summed E-state index contributed by atoms with van der Waals surface area (Å²) in [5.74, 6) is 0.131. The van der Waals surface area contributed by atoms with E-state index in [1.807, 2.05) is 0 Å². The third kappa shape index (κ3) is 4.22. The fraction of sp³-hybridized carbons (Fsp3) is 0.650. The highest BCUT2D eigenvalue weighted by Gasteiger charge is 2.18. The lowest BCUT2D eigenvalue weighted by atomic mass is 10.1. The van der Waals surface area contributed by atoms with Gasteiger partial charge in [0, 0.05) is 38.3 Å². The first-order valence-electron chi connectivity index (χ1n) is 9.71. The van der Waals surface area contributed by atoms with Gasteiger partial charge in [-0.3, -0.25) is 4.79 Å². The van der Waals surface area contributed by atoms with E-state index in [-0.39, 0.29) is 5.91 Å². The lowest BCUT2D eigenvalue weighted by Crippen LogP contribution is -2.31. The van der Waals surface area contributed by atoms with Crippen LogP contribution in [-0.2, 0) is 4.79 Å². The van der Waals surface area contributed by atoms with E-state index in [0.717, 1.165) is 38.3 Å². The highest BCUT2D eigenvalue weighted by molar-refractivity contribution is 5.95. The second-order valence-corrected chi connectivity index (χ2v) is 7.10. The fourth-order valence-corrected chi connectivity index (χ4v) is 3.82. The number of carbonyl (C=O) groups excluding carboxylic acids is 1. The highest BCUT2D eigenvalue weighted by atomic mass is 16.1. The normalized spacial score (nSPS) is 18.5. The van der Waals surface area contributed by atoms with Crippen LogP contribution in [0.2, 0.25) is 0 Å². The number of carbonyl (C=O) groups is 1. The molecule has 0 spiro atoms. The Hall–Kier alpha value is -1.71. The summed E-state index contributed by atoms with van der Waals surface area (Å²) < 4.78 is 0. The van der Waals surface area contributed by atoms with E-state index in [1.165, 1.54) is 49.9 Å². The third-order valence-corrected chi connectivity index (χ3v) is 5.15.